The molecule has 1 N–H and O–H groups in total. The molecule has 0 fully saturated rings. The molecule has 0 saturated carbocycles. The van der Waals surface area contributed by atoms with Crippen molar-refractivity contribution in [2.45, 2.75) is 17.1 Å². The lowest BCUT2D eigenvalue weighted by molar-refractivity contribution is 0.0953. The summed E-state index contributed by atoms with van der Waals surface area (Å²) in [6, 6.07) is 17.0. The van der Waals surface area contributed by atoms with Crippen molar-refractivity contribution < 1.29 is 17.9 Å². The van der Waals surface area contributed by atoms with E-state index in [-0.39, 0.29) is 17.3 Å². The first kappa shape index (κ1) is 20.1. The summed E-state index contributed by atoms with van der Waals surface area (Å²) >= 11 is 1.35. The number of benzene rings is 2. The van der Waals surface area contributed by atoms with E-state index in [0.29, 0.717) is 16.2 Å². The smallest absolute Gasteiger partial charge is 0.251 e. The van der Waals surface area contributed by atoms with E-state index in [4.69, 9.17) is 4.74 Å². The highest BCUT2D eigenvalue weighted by atomic mass is 32.2. The molecule has 1 amide bonds. The van der Waals surface area contributed by atoms with E-state index in [9.17, 15) is 13.2 Å². The molecule has 0 aliphatic carbocycles. The molecule has 146 valence electrons. The van der Waals surface area contributed by atoms with E-state index < -0.39 is 15.1 Å². The van der Waals surface area contributed by atoms with Gasteiger partial charge in [-0.1, -0.05) is 23.8 Å². The fraction of sp³-hybridized carbons (Fsp3) is 0.190. The molecule has 3 rings (SSSR count). The summed E-state index contributed by atoms with van der Waals surface area (Å²) in [4.78, 5) is 13.4. The number of nitrogens with one attached hydrogen (secondary N) is 1. The van der Waals surface area contributed by atoms with Gasteiger partial charge in [0, 0.05) is 17.0 Å². The Kier molecular flexibility index (Phi) is 6.16. The lowest BCUT2D eigenvalue weighted by Gasteiger charge is -2.18. The third-order valence-electron chi connectivity index (χ3n) is 4.35. The summed E-state index contributed by atoms with van der Waals surface area (Å²) in [5.41, 5.74) is 1.47. The minimum absolute atomic E-state index is 0.0123. The van der Waals surface area contributed by atoms with E-state index in [0.717, 1.165) is 5.56 Å². The van der Waals surface area contributed by atoms with E-state index in [2.05, 4.69) is 5.32 Å². The monoisotopic (exact) mass is 415 g/mol. The molecule has 2 aromatic carbocycles. The summed E-state index contributed by atoms with van der Waals surface area (Å²) in [6.07, 6.45) is 0. The number of carbonyl (C=O) groups is 1. The highest BCUT2D eigenvalue weighted by Gasteiger charge is 2.30. The number of sulfone groups is 1. The van der Waals surface area contributed by atoms with Crippen LogP contribution >= 0.6 is 11.3 Å². The normalized spacial score (nSPS) is 12.4. The molecule has 0 unspecified atom stereocenters. The standard InChI is InChI=1S/C21H21NO4S2/c1-15-5-3-6-16(13-15)21(23)22-14-20(19-7-4-12-27-19)28(24,25)18-10-8-17(26-2)9-11-18/h3-13,20H,14H2,1-2H3,(H,22,23)/t20-/m1/s1. The van der Waals surface area contributed by atoms with Crippen molar-refractivity contribution in [1.29, 1.82) is 0 Å². The van der Waals surface area contributed by atoms with Gasteiger partial charge < -0.3 is 10.1 Å². The zero-order valence-corrected chi connectivity index (χ0v) is 17.2. The number of hydrogen-bond acceptors (Lipinski definition) is 5. The Morgan fingerprint density at radius 1 is 1.11 bits per heavy atom. The SMILES string of the molecule is COc1ccc(S(=O)(=O)[C@H](CNC(=O)c2cccc(C)c2)c2cccs2)cc1. The lowest BCUT2D eigenvalue weighted by atomic mass is 10.1. The topological polar surface area (TPSA) is 72.5 Å². The van der Waals surface area contributed by atoms with Crippen LogP contribution in [-0.2, 0) is 9.84 Å². The first-order valence-corrected chi connectivity index (χ1v) is 11.1. The number of rotatable bonds is 7. The molecule has 0 spiro atoms. The van der Waals surface area contributed by atoms with E-state index in [1.54, 1.807) is 42.5 Å². The van der Waals surface area contributed by atoms with Crippen molar-refractivity contribution >= 4 is 27.1 Å². The predicted octanol–water partition coefficient (Wildman–Crippen LogP) is 4.01. The second kappa shape index (κ2) is 8.58. The molecule has 0 aliphatic rings. The first-order chi connectivity index (χ1) is 13.4. The molecule has 28 heavy (non-hydrogen) atoms. The fourth-order valence-electron chi connectivity index (χ4n) is 2.84. The zero-order valence-electron chi connectivity index (χ0n) is 15.6. The van der Waals surface area contributed by atoms with Gasteiger partial charge in [-0.3, -0.25) is 4.79 Å². The zero-order chi connectivity index (χ0) is 20.1. The van der Waals surface area contributed by atoms with Crippen molar-refractivity contribution in [2.75, 3.05) is 13.7 Å². The molecular weight excluding hydrogens is 394 g/mol. The average Bonchev–Trinajstić information content (AvgIpc) is 3.22. The van der Waals surface area contributed by atoms with Crippen LogP contribution in [-0.4, -0.2) is 28.0 Å². The highest BCUT2D eigenvalue weighted by molar-refractivity contribution is 7.91. The van der Waals surface area contributed by atoms with Gasteiger partial charge in [-0.25, -0.2) is 8.42 Å². The van der Waals surface area contributed by atoms with Crippen LogP contribution in [0.5, 0.6) is 5.75 Å². The average molecular weight is 416 g/mol. The molecule has 0 radical (unpaired) electrons. The number of methoxy groups -OCH3 is 1. The minimum Gasteiger partial charge on any atom is -0.497 e. The maximum absolute atomic E-state index is 13.2. The van der Waals surface area contributed by atoms with Gasteiger partial charge in [0.05, 0.1) is 12.0 Å². The first-order valence-electron chi connectivity index (χ1n) is 8.68. The summed E-state index contributed by atoms with van der Waals surface area (Å²) in [7, 11) is -2.17. The van der Waals surface area contributed by atoms with Crippen LogP contribution in [0.25, 0.3) is 0 Å². The summed E-state index contributed by atoms with van der Waals surface area (Å²) in [6.45, 7) is 1.89. The molecule has 3 aromatic rings. The van der Waals surface area contributed by atoms with Crippen LogP contribution in [0.15, 0.2) is 70.9 Å². The molecule has 0 bridgehead atoms. The van der Waals surface area contributed by atoms with Crippen molar-refractivity contribution in [1.82, 2.24) is 5.32 Å². The molecule has 1 aromatic heterocycles. The summed E-state index contributed by atoms with van der Waals surface area (Å²) in [5.74, 6) is 0.287. The van der Waals surface area contributed by atoms with Crippen molar-refractivity contribution in [3.05, 3.63) is 82.0 Å². The fourth-order valence-corrected chi connectivity index (χ4v) is 5.63. The third kappa shape index (κ3) is 4.43. The largest absolute Gasteiger partial charge is 0.497 e. The van der Waals surface area contributed by atoms with Crippen LogP contribution in [0, 0.1) is 6.92 Å². The quantitative estimate of drug-likeness (QED) is 0.633. The van der Waals surface area contributed by atoms with E-state index >= 15 is 0 Å². The molecular formula is C21H21NO4S2. The van der Waals surface area contributed by atoms with Gasteiger partial charge in [-0.05, 0) is 54.8 Å². The van der Waals surface area contributed by atoms with Gasteiger partial charge in [-0.2, -0.15) is 0 Å². The Hall–Kier alpha value is -2.64. The predicted molar refractivity (Wildman–Crippen MR) is 111 cm³/mol. The molecule has 7 heteroatoms. The van der Waals surface area contributed by atoms with Crippen molar-refractivity contribution in [3.8, 4) is 5.75 Å². The maximum atomic E-state index is 13.2. The third-order valence-corrected chi connectivity index (χ3v) is 7.59. The van der Waals surface area contributed by atoms with Crippen LogP contribution in [0.4, 0.5) is 0 Å². The number of amides is 1. The second-order valence-electron chi connectivity index (χ2n) is 6.30. The summed E-state index contributed by atoms with van der Waals surface area (Å²) < 4.78 is 31.6. The van der Waals surface area contributed by atoms with Gasteiger partial charge in [0.25, 0.3) is 5.91 Å². The minimum atomic E-state index is -3.69. The van der Waals surface area contributed by atoms with Gasteiger partial charge >= 0.3 is 0 Å². The van der Waals surface area contributed by atoms with Gasteiger partial charge in [0.2, 0.25) is 0 Å². The Labute approximate surface area is 168 Å². The second-order valence-corrected chi connectivity index (χ2v) is 9.41. The Balaban J connectivity index is 1.86. The molecule has 5 nitrogen and oxygen atoms in total. The lowest BCUT2D eigenvalue weighted by Crippen LogP contribution is -2.31. The maximum Gasteiger partial charge on any atom is 0.251 e. The van der Waals surface area contributed by atoms with E-state index in [1.807, 2.05) is 18.4 Å². The Morgan fingerprint density at radius 3 is 2.46 bits per heavy atom. The van der Waals surface area contributed by atoms with Gasteiger partial charge in [-0.15, -0.1) is 11.3 Å². The van der Waals surface area contributed by atoms with Crippen LogP contribution < -0.4 is 10.1 Å². The van der Waals surface area contributed by atoms with E-state index in [1.165, 1.54) is 30.6 Å². The Bertz CT molecular complexity index is 1040. The van der Waals surface area contributed by atoms with Crippen molar-refractivity contribution in [3.63, 3.8) is 0 Å². The summed E-state index contributed by atoms with van der Waals surface area (Å²) in [5, 5.41) is 3.74. The van der Waals surface area contributed by atoms with Crippen LogP contribution in [0.1, 0.15) is 26.0 Å². The number of carbonyl (C=O) groups excluding carboxylic acids is 1. The Morgan fingerprint density at radius 2 is 1.86 bits per heavy atom. The molecule has 0 aliphatic heterocycles. The molecule has 1 heterocycles. The van der Waals surface area contributed by atoms with Gasteiger partial charge in [0.1, 0.15) is 11.0 Å². The number of thiophene rings is 1. The molecule has 1 atom stereocenters. The van der Waals surface area contributed by atoms with Crippen molar-refractivity contribution in [2.24, 2.45) is 0 Å². The number of aryl methyl sites for hydroxylation is 1. The molecule has 0 saturated heterocycles. The van der Waals surface area contributed by atoms with Crippen LogP contribution in [0.2, 0.25) is 0 Å². The number of hydrogen-bond donors (Lipinski definition) is 1. The highest BCUT2D eigenvalue weighted by Crippen LogP contribution is 2.32. The number of ether oxygens (including phenoxy) is 1. The van der Waals surface area contributed by atoms with Gasteiger partial charge in [0.15, 0.2) is 9.84 Å². The van der Waals surface area contributed by atoms with Crippen LogP contribution in [0.3, 0.4) is 0 Å².